The van der Waals surface area contributed by atoms with Crippen molar-refractivity contribution >= 4 is 33.5 Å². The van der Waals surface area contributed by atoms with Gasteiger partial charge in [-0.15, -0.1) is 5.10 Å². The van der Waals surface area contributed by atoms with E-state index in [1.54, 1.807) is 0 Å². The molecule has 6 heteroatoms. The molecule has 1 heterocycles. The number of carbonyl (C=O) groups is 1. The van der Waals surface area contributed by atoms with Crippen molar-refractivity contribution in [2.45, 2.75) is 25.9 Å². The summed E-state index contributed by atoms with van der Waals surface area (Å²) < 4.78 is 1.02. The molecular formula is C14H16BrN3OS. The number of ketones is 1. The molecule has 1 aromatic carbocycles. The zero-order chi connectivity index (χ0) is 14.8. The Kier molecular flexibility index (Phi) is 4.65. The quantitative estimate of drug-likeness (QED) is 0.845. The number of aromatic amines is 1. The number of thioether (sulfide) groups is 1. The Morgan fingerprint density at radius 1 is 1.30 bits per heavy atom. The molecule has 2 aromatic rings. The Bertz CT molecular complexity index is 602. The number of carbonyl (C=O) groups excluding carboxylic acids is 1. The van der Waals surface area contributed by atoms with Crippen molar-refractivity contribution in [2.75, 3.05) is 5.75 Å². The molecule has 4 nitrogen and oxygen atoms in total. The highest BCUT2D eigenvalue weighted by Crippen LogP contribution is 2.23. The summed E-state index contributed by atoms with van der Waals surface area (Å²) in [6.07, 6.45) is 0. The van der Waals surface area contributed by atoms with Crippen molar-refractivity contribution in [1.29, 1.82) is 0 Å². The van der Waals surface area contributed by atoms with Gasteiger partial charge in [-0.2, -0.15) is 0 Å². The molecule has 0 amide bonds. The van der Waals surface area contributed by atoms with Gasteiger partial charge in [-0.3, -0.25) is 9.89 Å². The number of H-pyrrole nitrogens is 1. The van der Waals surface area contributed by atoms with Crippen molar-refractivity contribution < 1.29 is 4.79 Å². The van der Waals surface area contributed by atoms with Crippen LogP contribution in [0.2, 0.25) is 0 Å². The molecule has 0 spiro atoms. The van der Waals surface area contributed by atoms with E-state index in [4.69, 9.17) is 0 Å². The maximum Gasteiger partial charge on any atom is 0.209 e. The Hall–Kier alpha value is -1.14. The third-order valence-electron chi connectivity index (χ3n) is 2.75. The van der Waals surface area contributed by atoms with E-state index in [1.807, 2.05) is 45.0 Å². The Morgan fingerprint density at radius 3 is 2.55 bits per heavy atom. The van der Waals surface area contributed by atoms with Gasteiger partial charge in [0.2, 0.25) is 5.16 Å². The number of aromatic nitrogens is 3. The molecule has 0 unspecified atom stereocenters. The van der Waals surface area contributed by atoms with Gasteiger partial charge in [-0.25, -0.2) is 4.98 Å². The van der Waals surface area contributed by atoms with Crippen LogP contribution >= 0.6 is 27.7 Å². The van der Waals surface area contributed by atoms with Gasteiger partial charge in [0.25, 0.3) is 0 Å². The number of halogens is 1. The topological polar surface area (TPSA) is 58.6 Å². The summed E-state index contributed by atoms with van der Waals surface area (Å²) in [4.78, 5) is 16.3. The normalized spacial score (nSPS) is 11.6. The molecule has 0 aliphatic heterocycles. The predicted octanol–water partition coefficient (Wildman–Crippen LogP) is 3.94. The van der Waals surface area contributed by atoms with Gasteiger partial charge < -0.3 is 0 Å². The molecule has 2 rings (SSSR count). The average molecular weight is 354 g/mol. The van der Waals surface area contributed by atoms with Gasteiger partial charge in [0.15, 0.2) is 5.82 Å². The van der Waals surface area contributed by atoms with Gasteiger partial charge in [-0.05, 0) is 12.1 Å². The lowest BCUT2D eigenvalue weighted by atomic mass is 9.92. The third-order valence-corrected chi connectivity index (χ3v) is 4.13. The summed E-state index contributed by atoms with van der Waals surface area (Å²) in [5, 5.41) is 7.63. The number of hydrogen-bond acceptors (Lipinski definition) is 4. The summed E-state index contributed by atoms with van der Waals surface area (Å²) >= 11 is 4.76. The lowest BCUT2D eigenvalue weighted by molar-refractivity contribution is -0.123. The first-order valence-electron chi connectivity index (χ1n) is 6.21. The van der Waals surface area contributed by atoms with E-state index in [0.29, 0.717) is 16.7 Å². The summed E-state index contributed by atoms with van der Waals surface area (Å²) in [5.74, 6) is 1.29. The lowest BCUT2D eigenvalue weighted by Crippen LogP contribution is -2.22. The highest BCUT2D eigenvalue weighted by atomic mass is 79.9. The van der Waals surface area contributed by atoms with Crippen molar-refractivity contribution in [3.05, 3.63) is 28.7 Å². The van der Waals surface area contributed by atoms with Crippen molar-refractivity contribution in [3.8, 4) is 11.4 Å². The summed E-state index contributed by atoms with van der Waals surface area (Å²) in [7, 11) is 0. The molecule has 1 N–H and O–H groups in total. The minimum absolute atomic E-state index is 0.192. The van der Waals surface area contributed by atoms with Crippen molar-refractivity contribution in [3.63, 3.8) is 0 Å². The monoisotopic (exact) mass is 353 g/mol. The maximum absolute atomic E-state index is 11.9. The van der Waals surface area contributed by atoms with Crippen LogP contribution in [-0.2, 0) is 4.79 Å². The van der Waals surface area contributed by atoms with Gasteiger partial charge in [0.1, 0.15) is 5.78 Å². The molecule has 0 fully saturated rings. The summed E-state index contributed by atoms with van der Waals surface area (Å²) in [5.41, 5.74) is 0.646. The zero-order valence-electron chi connectivity index (χ0n) is 11.6. The van der Waals surface area contributed by atoms with Crippen molar-refractivity contribution in [2.24, 2.45) is 5.41 Å². The Labute approximate surface area is 130 Å². The van der Waals surface area contributed by atoms with Crippen LogP contribution in [0.15, 0.2) is 33.9 Å². The SMILES string of the molecule is CC(C)(C)C(=O)CSc1n[nH]c(-c2ccc(Br)cc2)n1. The minimum atomic E-state index is -0.322. The first-order chi connectivity index (χ1) is 9.36. The van der Waals surface area contributed by atoms with E-state index >= 15 is 0 Å². The van der Waals surface area contributed by atoms with Gasteiger partial charge in [-0.1, -0.05) is 60.6 Å². The number of Topliss-reactive ketones (excluding diaryl/α,β-unsaturated/α-hetero) is 1. The van der Waals surface area contributed by atoms with Gasteiger partial charge in [0, 0.05) is 15.5 Å². The average Bonchev–Trinajstić information content (AvgIpc) is 2.84. The van der Waals surface area contributed by atoms with Gasteiger partial charge in [0.05, 0.1) is 5.75 Å². The molecule has 0 atom stereocenters. The Morgan fingerprint density at radius 2 is 1.95 bits per heavy atom. The predicted molar refractivity (Wildman–Crippen MR) is 84.7 cm³/mol. The maximum atomic E-state index is 11.9. The van der Waals surface area contributed by atoms with E-state index < -0.39 is 0 Å². The minimum Gasteiger partial charge on any atom is -0.298 e. The van der Waals surface area contributed by atoms with Crippen LogP contribution in [0.5, 0.6) is 0 Å². The number of benzene rings is 1. The fourth-order valence-electron chi connectivity index (χ4n) is 1.39. The molecule has 1 aromatic heterocycles. The van der Waals surface area contributed by atoms with Crippen LogP contribution in [0, 0.1) is 5.41 Å². The fraction of sp³-hybridized carbons (Fsp3) is 0.357. The highest BCUT2D eigenvalue weighted by molar-refractivity contribution is 9.10. The first-order valence-corrected chi connectivity index (χ1v) is 7.98. The van der Waals surface area contributed by atoms with E-state index in [1.165, 1.54) is 11.8 Å². The van der Waals surface area contributed by atoms with E-state index in [0.717, 1.165) is 10.0 Å². The first kappa shape index (κ1) is 15.3. The number of nitrogens with zero attached hydrogens (tertiary/aromatic N) is 2. The molecular weight excluding hydrogens is 338 g/mol. The third kappa shape index (κ3) is 3.93. The van der Waals surface area contributed by atoms with E-state index in [-0.39, 0.29) is 11.2 Å². The second-order valence-electron chi connectivity index (χ2n) is 5.44. The summed E-state index contributed by atoms with van der Waals surface area (Å²) in [6, 6.07) is 7.82. The van der Waals surface area contributed by atoms with E-state index in [9.17, 15) is 4.79 Å². The molecule has 0 radical (unpaired) electrons. The van der Waals surface area contributed by atoms with Crippen LogP contribution in [0.4, 0.5) is 0 Å². The fourth-order valence-corrected chi connectivity index (χ4v) is 2.62. The molecule has 0 saturated carbocycles. The van der Waals surface area contributed by atoms with Crippen LogP contribution < -0.4 is 0 Å². The molecule has 0 aliphatic carbocycles. The molecule has 0 aliphatic rings. The Balaban J connectivity index is 2.03. The summed E-state index contributed by atoms with van der Waals surface area (Å²) in [6.45, 7) is 5.75. The largest absolute Gasteiger partial charge is 0.298 e. The standard InChI is InChI=1S/C14H16BrN3OS/c1-14(2,3)11(19)8-20-13-16-12(17-18-13)9-4-6-10(15)7-5-9/h4-7H,8H2,1-3H3,(H,16,17,18). The van der Waals surface area contributed by atoms with Crippen LogP contribution in [-0.4, -0.2) is 26.7 Å². The van der Waals surface area contributed by atoms with Crippen LogP contribution in [0.1, 0.15) is 20.8 Å². The number of hydrogen-bond donors (Lipinski definition) is 1. The molecule has 106 valence electrons. The van der Waals surface area contributed by atoms with Gasteiger partial charge >= 0.3 is 0 Å². The smallest absolute Gasteiger partial charge is 0.209 e. The molecule has 0 bridgehead atoms. The second kappa shape index (κ2) is 6.10. The number of nitrogens with one attached hydrogen (secondary N) is 1. The lowest BCUT2D eigenvalue weighted by Gasteiger charge is -2.14. The van der Waals surface area contributed by atoms with Crippen LogP contribution in [0.3, 0.4) is 0 Å². The van der Waals surface area contributed by atoms with E-state index in [2.05, 4.69) is 31.1 Å². The molecule has 20 heavy (non-hydrogen) atoms. The van der Waals surface area contributed by atoms with Crippen molar-refractivity contribution in [1.82, 2.24) is 15.2 Å². The highest BCUT2D eigenvalue weighted by Gasteiger charge is 2.21. The molecule has 0 saturated heterocycles. The zero-order valence-corrected chi connectivity index (χ0v) is 14.0. The second-order valence-corrected chi connectivity index (χ2v) is 7.29. The van der Waals surface area contributed by atoms with Crippen LogP contribution in [0.25, 0.3) is 11.4 Å². The number of rotatable bonds is 4.